The first-order chi connectivity index (χ1) is 10.2. The Morgan fingerprint density at radius 2 is 1.81 bits per heavy atom. The molecule has 0 radical (unpaired) electrons. The highest BCUT2D eigenvalue weighted by Gasteiger charge is 2.25. The first-order valence-electron chi connectivity index (χ1n) is 8.62. The standard InChI is InChI=1S/C19H32N2/c1-5-15(6-2)19(21(3)4)14-20-13-17-9-7-8-10-18(17)16-11-12-16/h7-10,15-16,19-20H,5-6,11-14H2,1-4H3. The molecule has 1 aliphatic rings. The minimum atomic E-state index is 0.632. The molecule has 1 saturated carbocycles. The van der Waals surface area contributed by atoms with E-state index in [0.29, 0.717) is 6.04 Å². The zero-order chi connectivity index (χ0) is 15.2. The second kappa shape index (κ2) is 7.95. The fourth-order valence-electron chi connectivity index (χ4n) is 3.45. The quantitative estimate of drug-likeness (QED) is 0.738. The SMILES string of the molecule is CCC(CC)C(CNCc1ccccc1C1CC1)N(C)C. The van der Waals surface area contributed by atoms with E-state index < -0.39 is 0 Å². The number of nitrogens with one attached hydrogen (secondary N) is 1. The van der Waals surface area contributed by atoms with Crippen LogP contribution in [0.3, 0.4) is 0 Å². The van der Waals surface area contributed by atoms with E-state index in [1.54, 1.807) is 5.56 Å². The minimum absolute atomic E-state index is 0.632. The predicted octanol–water partition coefficient (Wildman–Crippen LogP) is 4.02. The molecular formula is C19H32N2. The Balaban J connectivity index is 1.90. The lowest BCUT2D eigenvalue weighted by Crippen LogP contribution is -2.42. The first kappa shape index (κ1) is 16.5. The molecular weight excluding hydrogens is 256 g/mol. The topological polar surface area (TPSA) is 15.3 Å². The molecule has 1 N–H and O–H groups in total. The maximum Gasteiger partial charge on any atom is 0.0242 e. The van der Waals surface area contributed by atoms with Gasteiger partial charge in [-0.05, 0) is 49.9 Å². The largest absolute Gasteiger partial charge is 0.311 e. The fraction of sp³-hybridized carbons (Fsp3) is 0.684. The lowest BCUT2D eigenvalue weighted by atomic mass is 9.93. The van der Waals surface area contributed by atoms with E-state index in [1.807, 2.05) is 0 Å². The van der Waals surface area contributed by atoms with Gasteiger partial charge in [0.05, 0.1) is 0 Å². The Hall–Kier alpha value is -0.860. The van der Waals surface area contributed by atoms with Gasteiger partial charge in [-0.25, -0.2) is 0 Å². The highest BCUT2D eigenvalue weighted by atomic mass is 15.1. The van der Waals surface area contributed by atoms with Gasteiger partial charge in [-0.15, -0.1) is 0 Å². The van der Waals surface area contributed by atoms with E-state index in [-0.39, 0.29) is 0 Å². The van der Waals surface area contributed by atoms with E-state index in [2.05, 4.69) is 62.4 Å². The molecule has 21 heavy (non-hydrogen) atoms. The van der Waals surface area contributed by atoms with Crippen molar-refractivity contribution in [3.05, 3.63) is 35.4 Å². The number of likely N-dealkylation sites (N-methyl/N-ethyl adjacent to an activating group) is 1. The summed E-state index contributed by atoms with van der Waals surface area (Å²) in [6.45, 7) is 6.72. The van der Waals surface area contributed by atoms with E-state index in [0.717, 1.165) is 24.9 Å². The minimum Gasteiger partial charge on any atom is -0.311 e. The third kappa shape index (κ3) is 4.55. The first-order valence-corrected chi connectivity index (χ1v) is 8.62. The summed E-state index contributed by atoms with van der Waals surface area (Å²) in [5.41, 5.74) is 3.08. The molecule has 1 unspecified atom stereocenters. The molecule has 0 aliphatic heterocycles. The van der Waals surface area contributed by atoms with Gasteiger partial charge >= 0.3 is 0 Å². The summed E-state index contributed by atoms with van der Waals surface area (Å²) >= 11 is 0. The second-order valence-electron chi connectivity index (χ2n) is 6.71. The van der Waals surface area contributed by atoms with Gasteiger partial charge in [-0.2, -0.15) is 0 Å². The van der Waals surface area contributed by atoms with E-state index in [1.165, 1.54) is 31.2 Å². The molecule has 2 rings (SSSR count). The van der Waals surface area contributed by atoms with Gasteiger partial charge in [-0.1, -0.05) is 51.0 Å². The summed E-state index contributed by atoms with van der Waals surface area (Å²) in [5, 5.41) is 3.71. The Morgan fingerprint density at radius 1 is 1.14 bits per heavy atom. The van der Waals surface area contributed by atoms with Crippen LogP contribution in [0.4, 0.5) is 0 Å². The average Bonchev–Trinajstić information content (AvgIpc) is 3.31. The molecule has 1 atom stereocenters. The van der Waals surface area contributed by atoms with Crippen LogP contribution in [0, 0.1) is 5.92 Å². The van der Waals surface area contributed by atoms with Crippen LogP contribution in [0.5, 0.6) is 0 Å². The highest BCUT2D eigenvalue weighted by Crippen LogP contribution is 2.41. The van der Waals surface area contributed by atoms with Crippen LogP contribution in [0.1, 0.15) is 56.6 Å². The van der Waals surface area contributed by atoms with Crippen molar-refractivity contribution in [2.24, 2.45) is 5.92 Å². The number of hydrogen-bond donors (Lipinski definition) is 1. The molecule has 118 valence electrons. The van der Waals surface area contributed by atoms with E-state index >= 15 is 0 Å². The predicted molar refractivity (Wildman–Crippen MR) is 91.7 cm³/mol. The molecule has 1 aromatic carbocycles. The fourth-order valence-corrected chi connectivity index (χ4v) is 3.45. The van der Waals surface area contributed by atoms with Crippen molar-refractivity contribution in [3.8, 4) is 0 Å². The molecule has 2 heteroatoms. The van der Waals surface area contributed by atoms with Crippen molar-refractivity contribution < 1.29 is 0 Å². The monoisotopic (exact) mass is 288 g/mol. The van der Waals surface area contributed by atoms with Crippen molar-refractivity contribution in [1.29, 1.82) is 0 Å². The summed E-state index contributed by atoms with van der Waals surface area (Å²) in [7, 11) is 4.42. The van der Waals surface area contributed by atoms with E-state index in [9.17, 15) is 0 Å². The zero-order valence-electron chi connectivity index (χ0n) is 14.2. The van der Waals surface area contributed by atoms with Gasteiger partial charge in [0.2, 0.25) is 0 Å². The van der Waals surface area contributed by atoms with Crippen LogP contribution in [0.25, 0.3) is 0 Å². The normalized spacial score (nSPS) is 16.7. The van der Waals surface area contributed by atoms with Crippen LogP contribution in [0.2, 0.25) is 0 Å². The summed E-state index contributed by atoms with van der Waals surface area (Å²) < 4.78 is 0. The Labute approximate surface area is 130 Å². The third-order valence-corrected chi connectivity index (χ3v) is 5.00. The molecule has 1 aliphatic carbocycles. The van der Waals surface area contributed by atoms with Gasteiger partial charge < -0.3 is 10.2 Å². The maximum atomic E-state index is 3.71. The van der Waals surface area contributed by atoms with Crippen molar-refractivity contribution >= 4 is 0 Å². The van der Waals surface area contributed by atoms with Crippen LogP contribution in [0.15, 0.2) is 24.3 Å². The van der Waals surface area contributed by atoms with Crippen LogP contribution < -0.4 is 5.32 Å². The molecule has 1 fully saturated rings. The lowest BCUT2D eigenvalue weighted by Gasteiger charge is -2.31. The highest BCUT2D eigenvalue weighted by molar-refractivity contribution is 5.33. The van der Waals surface area contributed by atoms with E-state index in [4.69, 9.17) is 0 Å². The second-order valence-corrected chi connectivity index (χ2v) is 6.71. The number of rotatable bonds is 9. The van der Waals surface area contributed by atoms with Gasteiger partial charge in [0, 0.05) is 19.1 Å². The Morgan fingerprint density at radius 3 is 2.38 bits per heavy atom. The molecule has 1 aromatic rings. The summed E-state index contributed by atoms with van der Waals surface area (Å²) in [6.07, 6.45) is 5.29. The molecule has 0 saturated heterocycles. The lowest BCUT2D eigenvalue weighted by molar-refractivity contribution is 0.194. The van der Waals surface area contributed by atoms with Crippen molar-refractivity contribution in [2.75, 3.05) is 20.6 Å². The van der Waals surface area contributed by atoms with Crippen molar-refractivity contribution in [1.82, 2.24) is 10.2 Å². The number of nitrogens with zero attached hydrogens (tertiary/aromatic N) is 1. The smallest absolute Gasteiger partial charge is 0.0242 e. The summed E-state index contributed by atoms with van der Waals surface area (Å²) in [6, 6.07) is 9.60. The van der Waals surface area contributed by atoms with Gasteiger partial charge in [0.1, 0.15) is 0 Å². The van der Waals surface area contributed by atoms with Crippen molar-refractivity contribution in [2.45, 2.75) is 58.0 Å². The van der Waals surface area contributed by atoms with Gasteiger partial charge in [0.15, 0.2) is 0 Å². The Bertz CT molecular complexity index is 419. The van der Waals surface area contributed by atoms with Crippen LogP contribution in [-0.4, -0.2) is 31.6 Å². The molecule has 2 nitrogen and oxygen atoms in total. The molecule has 0 bridgehead atoms. The summed E-state index contributed by atoms with van der Waals surface area (Å²) in [5.74, 6) is 1.62. The van der Waals surface area contributed by atoms with Crippen molar-refractivity contribution in [3.63, 3.8) is 0 Å². The van der Waals surface area contributed by atoms with Crippen LogP contribution >= 0.6 is 0 Å². The Kier molecular flexibility index (Phi) is 6.25. The molecule has 0 heterocycles. The maximum absolute atomic E-state index is 3.71. The van der Waals surface area contributed by atoms with Crippen LogP contribution in [-0.2, 0) is 6.54 Å². The van der Waals surface area contributed by atoms with Gasteiger partial charge in [0.25, 0.3) is 0 Å². The number of hydrogen-bond acceptors (Lipinski definition) is 2. The molecule has 0 aromatic heterocycles. The third-order valence-electron chi connectivity index (χ3n) is 5.00. The van der Waals surface area contributed by atoms with Gasteiger partial charge in [-0.3, -0.25) is 0 Å². The average molecular weight is 288 g/mol. The number of benzene rings is 1. The zero-order valence-corrected chi connectivity index (χ0v) is 14.2. The summed E-state index contributed by atoms with van der Waals surface area (Å²) in [4.78, 5) is 2.39. The molecule has 0 spiro atoms. The molecule has 0 amide bonds.